The molecule has 136 valence electrons. The van der Waals surface area contributed by atoms with Gasteiger partial charge in [0.2, 0.25) is 0 Å². The number of nitrogens with one attached hydrogen (secondary N) is 1. The first-order valence-corrected chi connectivity index (χ1v) is 9.02. The monoisotopic (exact) mass is 377 g/mol. The number of benzene rings is 1. The Morgan fingerprint density at radius 3 is 2.62 bits per heavy atom. The van der Waals surface area contributed by atoms with Crippen LogP contribution >= 0.6 is 0 Å². The Morgan fingerprint density at radius 1 is 1.23 bits per heavy atom. The number of halogens is 1. The van der Waals surface area contributed by atoms with Crippen molar-refractivity contribution in [2.45, 2.75) is 11.8 Å². The minimum atomic E-state index is -4.38. The SMILES string of the molecule is Cc1ccc(F)c(S(=O)(=O)NC(=O)c2cn(C)nc2-c2ccnn2C)c1. The lowest BCUT2D eigenvalue weighted by molar-refractivity contribution is 0.0982. The van der Waals surface area contributed by atoms with E-state index in [0.717, 1.165) is 12.1 Å². The van der Waals surface area contributed by atoms with Gasteiger partial charge in [-0.25, -0.2) is 17.5 Å². The fourth-order valence-corrected chi connectivity index (χ4v) is 3.63. The van der Waals surface area contributed by atoms with Crippen LogP contribution in [0.2, 0.25) is 0 Å². The van der Waals surface area contributed by atoms with E-state index in [1.165, 1.54) is 27.8 Å². The van der Waals surface area contributed by atoms with Crippen molar-refractivity contribution in [3.8, 4) is 11.4 Å². The highest BCUT2D eigenvalue weighted by molar-refractivity contribution is 7.90. The predicted octanol–water partition coefficient (Wildman–Crippen LogP) is 1.39. The van der Waals surface area contributed by atoms with Gasteiger partial charge in [-0.3, -0.25) is 14.2 Å². The quantitative estimate of drug-likeness (QED) is 0.741. The molecule has 2 heterocycles. The molecule has 0 saturated carbocycles. The number of hydrogen-bond acceptors (Lipinski definition) is 5. The number of aromatic nitrogens is 4. The van der Waals surface area contributed by atoms with Crippen molar-refractivity contribution in [2.75, 3.05) is 0 Å². The highest BCUT2D eigenvalue weighted by Crippen LogP contribution is 2.22. The molecule has 3 aromatic rings. The van der Waals surface area contributed by atoms with Gasteiger partial charge in [0, 0.05) is 26.5 Å². The molecule has 0 radical (unpaired) electrons. The van der Waals surface area contributed by atoms with Crippen LogP contribution in [0.4, 0.5) is 4.39 Å². The van der Waals surface area contributed by atoms with E-state index >= 15 is 0 Å². The van der Waals surface area contributed by atoms with Crippen LogP contribution in [0, 0.1) is 12.7 Å². The van der Waals surface area contributed by atoms with Crippen LogP contribution in [0.5, 0.6) is 0 Å². The maximum Gasteiger partial charge on any atom is 0.268 e. The summed E-state index contributed by atoms with van der Waals surface area (Å²) < 4.78 is 43.6. The highest BCUT2D eigenvalue weighted by Gasteiger charge is 2.26. The third-order valence-corrected chi connectivity index (χ3v) is 5.09. The van der Waals surface area contributed by atoms with E-state index in [0.29, 0.717) is 11.3 Å². The third-order valence-electron chi connectivity index (χ3n) is 3.74. The Hall–Kier alpha value is -3.01. The molecule has 0 fully saturated rings. The van der Waals surface area contributed by atoms with Gasteiger partial charge in [0.25, 0.3) is 15.9 Å². The molecule has 0 bridgehead atoms. The summed E-state index contributed by atoms with van der Waals surface area (Å²) >= 11 is 0. The summed E-state index contributed by atoms with van der Waals surface area (Å²) in [5, 5.41) is 8.21. The Morgan fingerprint density at radius 2 is 1.96 bits per heavy atom. The highest BCUT2D eigenvalue weighted by atomic mass is 32.2. The van der Waals surface area contributed by atoms with Crippen LogP contribution in [-0.4, -0.2) is 33.9 Å². The van der Waals surface area contributed by atoms with Crippen LogP contribution in [0.25, 0.3) is 11.4 Å². The van der Waals surface area contributed by atoms with Crippen molar-refractivity contribution in [1.29, 1.82) is 0 Å². The van der Waals surface area contributed by atoms with Crippen LogP contribution in [0.15, 0.2) is 41.6 Å². The average Bonchev–Trinajstić information content (AvgIpc) is 3.14. The summed E-state index contributed by atoms with van der Waals surface area (Å²) in [6.45, 7) is 1.63. The molecular weight excluding hydrogens is 361 g/mol. The van der Waals surface area contributed by atoms with E-state index < -0.39 is 26.6 Å². The predicted molar refractivity (Wildman–Crippen MR) is 91.2 cm³/mol. The summed E-state index contributed by atoms with van der Waals surface area (Å²) in [4.78, 5) is 12.0. The van der Waals surface area contributed by atoms with E-state index in [9.17, 15) is 17.6 Å². The molecule has 3 rings (SSSR count). The topological polar surface area (TPSA) is 98.9 Å². The molecule has 0 aliphatic carbocycles. The van der Waals surface area contributed by atoms with E-state index in [1.807, 2.05) is 4.72 Å². The molecule has 8 nitrogen and oxygen atoms in total. The Labute approximate surface area is 149 Å². The maximum absolute atomic E-state index is 13.9. The zero-order chi connectivity index (χ0) is 19.1. The van der Waals surface area contributed by atoms with Gasteiger partial charge in [-0.1, -0.05) is 6.07 Å². The largest absolute Gasteiger partial charge is 0.274 e. The number of amides is 1. The van der Waals surface area contributed by atoms with Gasteiger partial charge in [0.1, 0.15) is 16.4 Å². The minimum absolute atomic E-state index is 0.0349. The van der Waals surface area contributed by atoms with Gasteiger partial charge in [0.15, 0.2) is 0 Å². The molecule has 2 aromatic heterocycles. The first kappa shape index (κ1) is 17.8. The maximum atomic E-state index is 13.9. The van der Waals surface area contributed by atoms with E-state index in [4.69, 9.17) is 0 Å². The van der Waals surface area contributed by atoms with Crippen molar-refractivity contribution in [2.24, 2.45) is 14.1 Å². The smallest absolute Gasteiger partial charge is 0.268 e. The molecule has 26 heavy (non-hydrogen) atoms. The number of carbonyl (C=O) groups is 1. The van der Waals surface area contributed by atoms with Crippen LogP contribution in [0.3, 0.4) is 0 Å². The van der Waals surface area contributed by atoms with Gasteiger partial charge in [-0.15, -0.1) is 0 Å². The second kappa shape index (κ2) is 6.37. The van der Waals surface area contributed by atoms with E-state index in [2.05, 4.69) is 10.2 Å². The van der Waals surface area contributed by atoms with Crippen molar-refractivity contribution >= 4 is 15.9 Å². The molecule has 0 saturated heterocycles. The van der Waals surface area contributed by atoms with Crippen molar-refractivity contribution in [3.63, 3.8) is 0 Å². The second-order valence-corrected chi connectivity index (χ2v) is 7.42. The third kappa shape index (κ3) is 3.23. The number of nitrogens with zero attached hydrogens (tertiary/aromatic N) is 4. The summed E-state index contributed by atoms with van der Waals surface area (Å²) in [6, 6.07) is 5.29. The fourth-order valence-electron chi connectivity index (χ4n) is 2.50. The van der Waals surface area contributed by atoms with Gasteiger partial charge < -0.3 is 0 Å². The lowest BCUT2D eigenvalue weighted by atomic mass is 10.2. The molecule has 0 unspecified atom stereocenters. The summed E-state index contributed by atoms with van der Waals surface area (Å²) in [5.74, 6) is -1.84. The number of sulfonamides is 1. The normalized spacial score (nSPS) is 11.5. The van der Waals surface area contributed by atoms with Gasteiger partial charge in [0.05, 0.1) is 11.3 Å². The Kier molecular flexibility index (Phi) is 4.36. The van der Waals surface area contributed by atoms with Gasteiger partial charge in [-0.2, -0.15) is 10.2 Å². The average molecular weight is 377 g/mol. The zero-order valence-electron chi connectivity index (χ0n) is 14.3. The number of rotatable bonds is 4. The Bertz CT molecular complexity index is 1100. The minimum Gasteiger partial charge on any atom is -0.274 e. The molecule has 1 N–H and O–H groups in total. The van der Waals surface area contributed by atoms with Gasteiger partial charge in [-0.05, 0) is 30.7 Å². The van der Waals surface area contributed by atoms with Crippen molar-refractivity contribution < 1.29 is 17.6 Å². The van der Waals surface area contributed by atoms with Crippen LogP contribution < -0.4 is 4.72 Å². The molecule has 0 spiro atoms. The molecule has 0 atom stereocenters. The lowest BCUT2D eigenvalue weighted by Crippen LogP contribution is -2.31. The summed E-state index contributed by atoms with van der Waals surface area (Å²) in [5.41, 5.74) is 1.39. The summed E-state index contributed by atoms with van der Waals surface area (Å²) in [7, 11) is -1.11. The number of hydrogen-bond donors (Lipinski definition) is 1. The summed E-state index contributed by atoms with van der Waals surface area (Å²) in [6.07, 6.45) is 2.92. The Balaban J connectivity index is 1.99. The van der Waals surface area contributed by atoms with Crippen molar-refractivity contribution in [3.05, 3.63) is 53.6 Å². The molecule has 0 aliphatic heterocycles. The van der Waals surface area contributed by atoms with Crippen molar-refractivity contribution in [1.82, 2.24) is 24.3 Å². The van der Waals surface area contributed by atoms with E-state index in [-0.39, 0.29) is 11.3 Å². The molecule has 1 aromatic carbocycles. The molecule has 0 aliphatic rings. The first-order chi connectivity index (χ1) is 12.2. The molecular formula is C16H16FN5O3S. The van der Waals surface area contributed by atoms with Crippen LogP contribution in [-0.2, 0) is 24.1 Å². The molecule has 10 heteroatoms. The van der Waals surface area contributed by atoms with Gasteiger partial charge >= 0.3 is 0 Å². The first-order valence-electron chi connectivity index (χ1n) is 7.54. The number of aryl methyl sites for hydroxylation is 3. The second-order valence-electron chi connectivity index (χ2n) is 5.77. The molecule has 1 amide bonds. The standard InChI is InChI=1S/C16H16FN5O3S/c1-10-4-5-12(17)14(8-10)26(24,25)20-16(23)11-9-21(2)19-15(11)13-6-7-18-22(13)3/h4-9H,1-3H3,(H,20,23). The fraction of sp³-hybridized carbons (Fsp3) is 0.188. The zero-order valence-corrected chi connectivity index (χ0v) is 15.1. The van der Waals surface area contributed by atoms with E-state index in [1.54, 1.807) is 27.1 Å². The lowest BCUT2D eigenvalue weighted by Gasteiger charge is -2.09. The number of carbonyl (C=O) groups excluding carboxylic acids is 1. The van der Waals surface area contributed by atoms with Crippen LogP contribution in [0.1, 0.15) is 15.9 Å².